The summed E-state index contributed by atoms with van der Waals surface area (Å²) in [6, 6.07) is 18.9. The Bertz CT molecular complexity index is 893. The van der Waals surface area contributed by atoms with Crippen molar-refractivity contribution < 1.29 is 4.79 Å². The summed E-state index contributed by atoms with van der Waals surface area (Å²) in [6.45, 7) is 6.80. The second-order valence-corrected chi connectivity index (χ2v) is 7.71. The van der Waals surface area contributed by atoms with Crippen molar-refractivity contribution in [2.24, 2.45) is 0 Å². The van der Waals surface area contributed by atoms with Gasteiger partial charge in [-0.25, -0.2) is 0 Å². The van der Waals surface area contributed by atoms with Gasteiger partial charge < -0.3 is 5.32 Å². The molecule has 3 aromatic rings. The number of amides is 1. The molecule has 5 heteroatoms. The Labute approximate surface area is 158 Å². The molecule has 4 nitrogen and oxygen atoms in total. The van der Waals surface area contributed by atoms with Gasteiger partial charge >= 0.3 is 0 Å². The molecule has 0 saturated carbocycles. The summed E-state index contributed by atoms with van der Waals surface area (Å²) in [7, 11) is 0. The Balaban J connectivity index is 1.91. The molecule has 0 unspecified atom stereocenters. The van der Waals surface area contributed by atoms with Crippen LogP contribution < -0.4 is 5.32 Å². The Kier molecular flexibility index (Phi) is 5.14. The van der Waals surface area contributed by atoms with Crippen LogP contribution in [0.2, 0.25) is 5.02 Å². The molecule has 3 rings (SSSR count). The van der Waals surface area contributed by atoms with E-state index in [9.17, 15) is 4.79 Å². The van der Waals surface area contributed by atoms with E-state index in [-0.39, 0.29) is 11.3 Å². The number of hydrogen-bond donors (Lipinski definition) is 1. The lowest BCUT2D eigenvalue weighted by Gasteiger charge is -2.14. The number of carbonyl (C=O) groups is 1. The molecule has 2 aromatic carbocycles. The lowest BCUT2D eigenvalue weighted by molar-refractivity contribution is 0.101. The smallest absolute Gasteiger partial charge is 0.273 e. The van der Waals surface area contributed by atoms with Gasteiger partial charge in [0.15, 0.2) is 0 Å². The molecule has 1 aromatic heterocycles. The van der Waals surface area contributed by atoms with E-state index < -0.39 is 0 Å². The molecule has 0 bridgehead atoms. The summed E-state index contributed by atoms with van der Waals surface area (Å²) in [5, 5.41) is 8.24. The van der Waals surface area contributed by atoms with Gasteiger partial charge in [0.05, 0.1) is 12.2 Å². The molecule has 1 N–H and O–H groups in total. The van der Waals surface area contributed by atoms with Crippen LogP contribution in [0.5, 0.6) is 0 Å². The fraction of sp³-hybridized carbons (Fsp3) is 0.238. The van der Waals surface area contributed by atoms with Crippen molar-refractivity contribution in [3.05, 3.63) is 82.6 Å². The van der Waals surface area contributed by atoms with Gasteiger partial charge in [-0.05, 0) is 35.9 Å². The number of nitrogens with zero attached hydrogens (tertiary/aromatic N) is 2. The van der Waals surface area contributed by atoms with Crippen LogP contribution in [0.15, 0.2) is 60.7 Å². The molecule has 0 aliphatic heterocycles. The van der Waals surface area contributed by atoms with Crippen LogP contribution in [0.4, 0.5) is 5.69 Å². The number of hydrogen-bond acceptors (Lipinski definition) is 2. The lowest BCUT2D eigenvalue weighted by atomic mass is 9.92. The molecule has 134 valence electrons. The Morgan fingerprint density at radius 3 is 2.35 bits per heavy atom. The minimum Gasteiger partial charge on any atom is -0.321 e. The van der Waals surface area contributed by atoms with Crippen LogP contribution in [-0.2, 0) is 12.0 Å². The van der Waals surface area contributed by atoms with Gasteiger partial charge in [-0.1, -0.05) is 62.7 Å². The number of halogens is 1. The highest BCUT2D eigenvalue weighted by atomic mass is 35.5. The number of rotatable bonds is 4. The molecule has 26 heavy (non-hydrogen) atoms. The molecule has 1 amide bonds. The first-order valence-corrected chi connectivity index (χ1v) is 8.90. The van der Waals surface area contributed by atoms with Crippen LogP contribution in [0, 0.1) is 0 Å². The van der Waals surface area contributed by atoms with Crippen molar-refractivity contribution in [3.8, 4) is 0 Å². The summed E-state index contributed by atoms with van der Waals surface area (Å²) in [5.41, 5.74) is 3.07. The quantitative estimate of drug-likeness (QED) is 0.694. The van der Waals surface area contributed by atoms with Crippen molar-refractivity contribution >= 4 is 23.2 Å². The Hall–Kier alpha value is -2.59. The highest BCUT2D eigenvalue weighted by molar-refractivity contribution is 6.30. The minimum atomic E-state index is -0.189. The minimum absolute atomic E-state index is 0.142. The Morgan fingerprint density at radius 1 is 1.08 bits per heavy atom. The van der Waals surface area contributed by atoms with Crippen molar-refractivity contribution in [2.45, 2.75) is 32.7 Å². The monoisotopic (exact) mass is 367 g/mol. The molecule has 0 radical (unpaired) electrons. The summed E-state index contributed by atoms with van der Waals surface area (Å²) >= 11 is 5.91. The highest BCUT2D eigenvalue weighted by Crippen LogP contribution is 2.23. The first-order chi connectivity index (χ1) is 12.3. The third-order valence-corrected chi connectivity index (χ3v) is 4.31. The van der Waals surface area contributed by atoms with E-state index in [1.54, 1.807) is 28.9 Å². The maximum Gasteiger partial charge on any atom is 0.273 e. The highest BCUT2D eigenvalue weighted by Gasteiger charge is 2.23. The van der Waals surface area contributed by atoms with Crippen LogP contribution in [-0.4, -0.2) is 15.7 Å². The number of benzene rings is 2. The van der Waals surface area contributed by atoms with Gasteiger partial charge in [0.25, 0.3) is 5.91 Å². The average molecular weight is 368 g/mol. The van der Waals surface area contributed by atoms with E-state index in [4.69, 9.17) is 11.6 Å². The van der Waals surface area contributed by atoms with Crippen LogP contribution >= 0.6 is 11.6 Å². The van der Waals surface area contributed by atoms with Gasteiger partial charge in [-0.3, -0.25) is 9.48 Å². The fourth-order valence-electron chi connectivity index (χ4n) is 2.57. The largest absolute Gasteiger partial charge is 0.321 e. The van der Waals surface area contributed by atoms with Gasteiger partial charge in [0.1, 0.15) is 5.69 Å². The third-order valence-electron chi connectivity index (χ3n) is 4.06. The lowest BCUT2D eigenvalue weighted by Crippen LogP contribution is -2.18. The van der Waals surface area contributed by atoms with E-state index in [1.165, 1.54) is 0 Å². The van der Waals surface area contributed by atoms with Gasteiger partial charge in [0, 0.05) is 16.1 Å². The van der Waals surface area contributed by atoms with Crippen molar-refractivity contribution in [1.29, 1.82) is 0 Å². The molecular formula is C21H22ClN3O. The standard InChI is InChI=1S/C21H22ClN3O/c1-21(2,3)19-13-18(20(26)23-17-11-9-16(22)10-12-17)25(24-19)14-15-7-5-4-6-8-15/h4-13H,14H2,1-3H3,(H,23,26). The van der Waals surface area contributed by atoms with E-state index in [2.05, 4.69) is 31.2 Å². The second-order valence-electron chi connectivity index (χ2n) is 7.27. The average Bonchev–Trinajstić information content (AvgIpc) is 3.02. The van der Waals surface area contributed by atoms with Crippen molar-refractivity contribution in [2.75, 3.05) is 5.32 Å². The maximum absolute atomic E-state index is 12.8. The predicted molar refractivity (Wildman–Crippen MR) is 106 cm³/mol. The Morgan fingerprint density at radius 2 is 1.73 bits per heavy atom. The van der Waals surface area contributed by atoms with Gasteiger partial charge in [-0.2, -0.15) is 5.10 Å². The maximum atomic E-state index is 12.8. The number of nitrogens with one attached hydrogen (secondary N) is 1. The molecule has 0 aliphatic rings. The van der Waals surface area contributed by atoms with E-state index >= 15 is 0 Å². The zero-order chi connectivity index (χ0) is 18.7. The molecule has 0 saturated heterocycles. The first kappa shape index (κ1) is 18.2. The zero-order valence-corrected chi connectivity index (χ0v) is 15.9. The van der Waals surface area contributed by atoms with Gasteiger partial charge in [0.2, 0.25) is 0 Å². The van der Waals surface area contributed by atoms with E-state index in [1.807, 2.05) is 36.4 Å². The molecule has 0 fully saturated rings. The molecule has 0 aliphatic carbocycles. The molecule has 0 spiro atoms. The number of carbonyl (C=O) groups excluding carboxylic acids is 1. The van der Waals surface area contributed by atoms with E-state index in [0.29, 0.717) is 22.9 Å². The summed E-state index contributed by atoms with van der Waals surface area (Å²) in [4.78, 5) is 12.8. The summed E-state index contributed by atoms with van der Waals surface area (Å²) < 4.78 is 1.77. The van der Waals surface area contributed by atoms with Crippen molar-refractivity contribution in [1.82, 2.24) is 9.78 Å². The fourth-order valence-corrected chi connectivity index (χ4v) is 2.70. The molecular weight excluding hydrogens is 346 g/mol. The summed E-state index contributed by atoms with van der Waals surface area (Å²) in [6.07, 6.45) is 0. The zero-order valence-electron chi connectivity index (χ0n) is 15.2. The number of aromatic nitrogens is 2. The SMILES string of the molecule is CC(C)(C)c1cc(C(=O)Nc2ccc(Cl)cc2)n(Cc2ccccc2)n1. The van der Waals surface area contributed by atoms with Crippen LogP contribution in [0.1, 0.15) is 42.5 Å². The first-order valence-electron chi connectivity index (χ1n) is 8.52. The number of anilines is 1. The van der Waals surface area contributed by atoms with Crippen molar-refractivity contribution in [3.63, 3.8) is 0 Å². The van der Waals surface area contributed by atoms with Gasteiger partial charge in [-0.15, -0.1) is 0 Å². The second kappa shape index (κ2) is 7.34. The third kappa shape index (κ3) is 4.33. The predicted octanol–water partition coefficient (Wildman–Crippen LogP) is 5.13. The van der Waals surface area contributed by atoms with Crippen LogP contribution in [0.3, 0.4) is 0 Å². The topological polar surface area (TPSA) is 46.9 Å². The van der Waals surface area contributed by atoms with Crippen LogP contribution in [0.25, 0.3) is 0 Å². The molecule has 0 atom stereocenters. The van der Waals surface area contributed by atoms with E-state index in [0.717, 1.165) is 11.3 Å². The summed E-state index contributed by atoms with van der Waals surface area (Å²) in [5.74, 6) is -0.189. The molecule has 1 heterocycles. The normalized spacial score (nSPS) is 11.4.